The summed E-state index contributed by atoms with van der Waals surface area (Å²) in [7, 11) is 0. The minimum atomic E-state index is -0.570. The fraction of sp³-hybridized carbons (Fsp3) is 0.182. The number of hydrogen-bond donors (Lipinski definition) is 0. The van der Waals surface area contributed by atoms with Crippen LogP contribution in [-0.4, -0.2) is 11.8 Å². The number of benzene rings is 1. The number of carbonyl (C=O) groups excluding carboxylic acids is 2. The van der Waals surface area contributed by atoms with Gasteiger partial charge in [0.1, 0.15) is 11.9 Å². The summed E-state index contributed by atoms with van der Waals surface area (Å²) in [5.74, 6) is -1.28. The molecular formula is C11H7FN2O2. The number of carbonyl (C=O) groups is 2. The third-order valence-electron chi connectivity index (χ3n) is 2.37. The van der Waals surface area contributed by atoms with Crippen molar-refractivity contribution in [3.8, 4) is 6.07 Å². The van der Waals surface area contributed by atoms with E-state index in [1.807, 2.05) is 0 Å². The quantitative estimate of drug-likeness (QED) is 0.668. The number of rotatable bonds is 1. The van der Waals surface area contributed by atoms with Crippen molar-refractivity contribution in [2.24, 2.45) is 0 Å². The van der Waals surface area contributed by atoms with Crippen LogP contribution in [0.25, 0.3) is 0 Å². The van der Waals surface area contributed by atoms with E-state index in [1.165, 1.54) is 6.07 Å². The van der Waals surface area contributed by atoms with E-state index < -0.39 is 5.82 Å². The molecular weight excluding hydrogens is 211 g/mol. The summed E-state index contributed by atoms with van der Waals surface area (Å²) in [5, 5.41) is 8.81. The normalized spacial score (nSPS) is 15.4. The van der Waals surface area contributed by atoms with Crippen LogP contribution in [0.2, 0.25) is 0 Å². The van der Waals surface area contributed by atoms with E-state index in [0.29, 0.717) is 0 Å². The highest BCUT2D eigenvalue weighted by Crippen LogP contribution is 2.26. The predicted molar refractivity (Wildman–Crippen MR) is 52.8 cm³/mol. The highest BCUT2D eigenvalue weighted by atomic mass is 19.1. The molecule has 0 spiro atoms. The topological polar surface area (TPSA) is 61.2 Å². The molecule has 1 heterocycles. The average molecular weight is 218 g/mol. The van der Waals surface area contributed by atoms with Gasteiger partial charge in [-0.3, -0.25) is 9.59 Å². The Morgan fingerprint density at radius 2 is 1.88 bits per heavy atom. The van der Waals surface area contributed by atoms with Crippen LogP contribution in [0.3, 0.4) is 0 Å². The zero-order valence-corrected chi connectivity index (χ0v) is 8.24. The van der Waals surface area contributed by atoms with Crippen LogP contribution in [0.4, 0.5) is 10.1 Å². The molecule has 1 aromatic carbocycles. The van der Waals surface area contributed by atoms with E-state index in [9.17, 15) is 14.0 Å². The number of imide groups is 1. The molecule has 2 amide bonds. The lowest BCUT2D eigenvalue weighted by Crippen LogP contribution is -2.29. The van der Waals surface area contributed by atoms with Gasteiger partial charge in [0, 0.05) is 12.8 Å². The van der Waals surface area contributed by atoms with Crippen molar-refractivity contribution >= 4 is 17.5 Å². The van der Waals surface area contributed by atoms with Gasteiger partial charge >= 0.3 is 0 Å². The summed E-state index contributed by atoms with van der Waals surface area (Å²) in [5.41, 5.74) is 0.153. The Labute approximate surface area is 90.9 Å². The zero-order chi connectivity index (χ0) is 11.7. The molecule has 5 heteroatoms. The Morgan fingerprint density at radius 3 is 2.44 bits per heavy atom. The lowest BCUT2D eigenvalue weighted by molar-refractivity contribution is -0.121. The predicted octanol–water partition coefficient (Wildman–Crippen LogP) is 1.35. The largest absolute Gasteiger partial charge is 0.274 e. The second kappa shape index (κ2) is 3.74. The highest BCUT2D eigenvalue weighted by Gasteiger charge is 2.31. The molecule has 0 radical (unpaired) electrons. The van der Waals surface area contributed by atoms with Gasteiger partial charge in [0.2, 0.25) is 11.8 Å². The number of amides is 2. The molecule has 1 saturated heterocycles. The molecule has 0 aliphatic carbocycles. The first-order valence-electron chi connectivity index (χ1n) is 4.69. The average Bonchev–Trinajstić information content (AvgIpc) is 2.59. The molecule has 0 N–H and O–H groups in total. The molecule has 4 nitrogen and oxygen atoms in total. The van der Waals surface area contributed by atoms with Crippen molar-refractivity contribution in [3.63, 3.8) is 0 Å². The molecule has 0 saturated carbocycles. The van der Waals surface area contributed by atoms with Crippen LogP contribution in [-0.2, 0) is 9.59 Å². The molecule has 1 aromatic rings. The summed E-state index contributed by atoms with van der Waals surface area (Å²) in [6.07, 6.45) is 0.280. The van der Waals surface area contributed by atoms with Crippen molar-refractivity contribution in [1.29, 1.82) is 5.26 Å². The van der Waals surface area contributed by atoms with Crippen LogP contribution in [0.5, 0.6) is 0 Å². The minimum Gasteiger partial charge on any atom is -0.274 e. The standard InChI is InChI=1S/C11H7FN2O2/c12-8-1-2-9(7(5-8)6-13)14-10(15)3-4-11(14)16/h1-2,5H,3-4H2. The van der Waals surface area contributed by atoms with Gasteiger partial charge in [0.15, 0.2) is 0 Å². The van der Waals surface area contributed by atoms with E-state index in [4.69, 9.17) is 5.26 Å². The fourth-order valence-electron chi connectivity index (χ4n) is 1.64. The lowest BCUT2D eigenvalue weighted by atomic mass is 10.1. The zero-order valence-electron chi connectivity index (χ0n) is 8.24. The van der Waals surface area contributed by atoms with Crippen molar-refractivity contribution < 1.29 is 14.0 Å². The monoisotopic (exact) mass is 218 g/mol. The Bertz CT molecular complexity index is 503. The number of nitriles is 1. The summed E-state index contributed by atoms with van der Waals surface area (Å²) in [6.45, 7) is 0. The smallest absolute Gasteiger partial charge is 0.234 e. The highest BCUT2D eigenvalue weighted by molar-refractivity contribution is 6.20. The number of hydrogen-bond acceptors (Lipinski definition) is 3. The molecule has 1 aliphatic heterocycles. The number of anilines is 1. The second-order valence-electron chi connectivity index (χ2n) is 3.40. The van der Waals surface area contributed by atoms with Crippen molar-refractivity contribution in [2.45, 2.75) is 12.8 Å². The summed E-state index contributed by atoms with van der Waals surface area (Å²) in [6, 6.07) is 5.17. The van der Waals surface area contributed by atoms with Crippen LogP contribution in [0.15, 0.2) is 18.2 Å². The van der Waals surface area contributed by atoms with Crippen molar-refractivity contribution in [3.05, 3.63) is 29.6 Å². The molecule has 0 aromatic heterocycles. The lowest BCUT2D eigenvalue weighted by Gasteiger charge is -2.14. The van der Waals surface area contributed by atoms with E-state index >= 15 is 0 Å². The maximum absolute atomic E-state index is 12.9. The van der Waals surface area contributed by atoms with E-state index in [1.54, 1.807) is 6.07 Å². The first kappa shape index (κ1) is 10.3. The van der Waals surface area contributed by atoms with Crippen molar-refractivity contribution in [2.75, 3.05) is 4.90 Å². The van der Waals surface area contributed by atoms with Gasteiger partial charge in [-0.05, 0) is 18.2 Å². The number of halogens is 1. The van der Waals surface area contributed by atoms with Gasteiger partial charge in [0.05, 0.1) is 11.3 Å². The second-order valence-corrected chi connectivity index (χ2v) is 3.40. The SMILES string of the molecule is N#Cc1cc(F)ccc1N1C(=O)CCC1=O. The van der Waals surface area contributed by atoms with Crippen molar-refractivity contribution in [1.82, 2.24) is 0 Å². The van der Waals surface area contributed by atoms with Gasteiger partial charge in [-0.2, -0.15) is 5.26 Å². The molecule has 2 rings (SSSR count). The minimum absolute atomic E-state index is 0.0106. The molecule has 80 valence electrons. The number of nitrogens with zero attached hydrogens (tertiary/aromatic N) is 2. The first-order chi connectivity index (χ1) is 7.63. The van der Waals surface area contributed by atoms with Gasteiger partial charge in [-0.1, -0.05) is 0 Å². The van der Waals surface area contributed by atoms with Gasteiger partial charge < -0.3 is 0 Å². The van der Waals surface area contributed by atoms with Gasteiger partial charge in [-0.15, -0.1) is 0 Å². The van der Waals surface area contributed by atoms with Crippen LogP contribution in [0, 0.1) is 17.1 Å². The van der Waals surface area contributed by atoms with Crippen LogP contribution in [0.1, 0.15) is 18.4 Å². The van der Waals surface area contributed by atoms with Gasteiger partial charge in [-0.25, -0.2) is 9.29 Å². The Morgan fingerprint density at radius 1 is 1.25 bits per heavy atom. The van der Waals surface area contributed by atoms with E-state index in [0.717, 1.165) is 17.0 Å². The third-order valence-corrected chi connectivity index (χ3v) is 2.37. The fourth-order valence-corrected chi connectivity index (χ4v) is 1.64. The first-order valence-corrected chi connectivity index (χ1v) is 4.69. The van der Waals surface area contributed by atoms with E-state index in [-0.39, 0.29) is 35.9 Å². The Balaban J connectivity index is 2.52. The maximum Gasteiger partial charge on any atom is 0.234 e. The molecule has 0 bridgehead atoms. The summed E-state index contributed by atoms with van der Waals surface area (Å²) in [4.78, 5) is 23.8. The maximum atomic E-state index is 12.9. The third kappa shape index (κ3) is 1.54. The molecule has 1 aliphatic rings. The summed E-state index contributed by atoms with van der Waals surface area (Å²) >= 11 is 0. The van der Waals surface area contributed by atoms with E-state index in [2.05, 4.69) is 0 Å². The summed E-state index contributed by atoms with van der Waals surface area (Å²) < 4.78 is 12.9. The Kier molecular flexibility index (Phi) is 2.41. The molecule has 1 fully saturated rings. The Hall–Kier alpha value is -2.22. The van der Waals surface area contributed by atoms with Crippen LogP contribution < -0.4 is 4.90 Å². The molecule has 0 unspecified atom stereocenters. The van der Waals surface area contributed by atoms with Gasteiger partial charge in [0.25, 0.3) is 0 Å². The van der Waals surface area contributed by atoms with Crippen LogP contribution >= 0.6 is 0 Å². The molecule has 16 heavy (non-hydrogen) atoms. The molecule has 0 atom stereocenters.